The molecule has 0 spiro atoms. The van der Waals surface area contributed by atoms with E-state index in [-0.39, 0.29) is 0 Å². The quantitative estimate of drug-likeness (QED) is 0.567. The molecule has 84 valence electrons. The van der Waals surface area contributed by atoms with E-state index in [2.05, 4.69) is 30.5 Å². The fourth-order valence-corrected chi connectivity index (χ4v) is 2.36. The number of benzene rings is 1. The third-order valence-electron chi connectivity index (χ3n) is 2.91. The van der Waals surface area contributed by atoms with E-state index in [0.717, 1.165) is 36.8 Å². The van der Waals surface area contributed by atoms with Gasteiger partial charge in [0.1, 0.15) is 0 Å². The van der Waals surface area contributed by atoms with Crippen molar-refractivity contribution in [2.75, 3.05) is 6.26 Å². The first-order valence-electron chi connectivity index (χ1n) is 5.67. The second kappa shape index (κ2) is 5.35. The molecule has 0 N–H and O–H groups in total. The Morgan fingerprint density at radius 1 is 1.12 bits per heavy atom. The molecule has 1 nitrogen and oxygen atoms in total. The predicted molar refractivity (Wildman–Crippen MR) is 69.7 cm³/mol. The highest BCUT2D eigenvalue weighted by atomic mass is 32.2. The van der Waals surface area contributed by atoms with E-state index in [4.69, 9.17) is 0 Å². The Morgan fingerprint density at radius 3 is 2.44 bits per heavy atom. The molecule has 1 aliphatic rings. The van der Waals surface area contributed by atoms with Crippen molar-refractivity contribution in [3.05, 3.63) is 35.4 Å². The van der Waals surface area contributed by atoms with Crippen LogP contribution in [0.3, 0.4) is 0 Å². The maximum absolute atomic E-state index is 11.6. The van der Waals surface area contributed by atoms with Gasteiger partial charge in [-0.25, -0.2) is 0 Å². The van der Waals surface area contributed by atoms with Gasteiger partial charge in [0.05, 0.1) is 0 Å². The Morgan fingerprint density at radius 2 is 1.81 bits per heavy atom. The van der Waals surface area contributed by atoms with Crippen LogP contribution in [0.1, 0.15) is 31.2 Å². The van der Waals surface area contributed by atoms with Gasteiger partial charge in [0.25, 0.3) is 0 Å². The number of hydrogen-bond acceptors (Lipinski definition) is 2. The molecule has 0 heterocycles. The molecular formula is C14H16OS. The first-order valence-corrected chi connectivity index (χ1v) is 6.90. The Bertz CT molecular complexity index is 403. The van der Waals surface area contributed by atoms with E-state index >= 15 is 0 Å². The lowest BCUT2D eigenvalue weighted by Crippen LogP contribution is -2.07. The van der Waals surface area contributed by atoms with E-state index in [1.165, 1.54) is 4.90 Å². The third-order valence-corrected chi connectivity index (χ3v) is 3.66. The Kier molecular flexibility index (Phi) is 3.83. The summed E-state index contributed by atoms with van der Waals surface area (Å²) in [4.78, 5) is 12.9. The zero-order valence-electron chi connectivity index (χ0n) is 9.53. The van der Waals surface area contributed by atoms with Crippen LogP contribution in [-0.2, 0) is 4.79 Å². The summed E-state index contributed by atoms with van der Waals surface area (Å²) in [6.45, 7) is 0. The summed E-state index contributed by atoms with van der Waals surface area (Å²) in [5.41, 5.74) is 2.14. The summed E-state index contributed by atoms with van der Waals surface area (Å²) in [7, 11) is 0. The van der Waals surface area contributed by atoms with Gasteiger partial charge in [-0.3, -0.25) is 4.79 Å². The molecule has 0 bridgehead atoms. The van der Waals surface area contributed by atoms with Crippen LogP contribution in [0.2, 0.25) is 0 Å². The van der Waals surface area contributed by atoms with Crippen molar-refractivity contribution in [1.29, 1.82) is 0 Å². The highest BCUT2D eigenvalue weighted by Crippen LogP contribution is 2.23. The van der Waals surface area contributed by atoms with Crippen LogP contribution >= 0.6 is 11.8 Å². The molecule has 1 aliphatic carbocycles. The maximum Gasteiger partial charge on any atom is 0.158 e. The molecule has 1 aromatic carbocycles. The molecule has 0 unspecified atom stereocenters. The maximum atomic E-state index is 11.6. The smallest absolute Gasteiger partial charge is 0.158 e. The molecule has 0 aromatic heterocycles. The first-order chi connectivity index (χ1) is 7.79. The first kappa shape index (κ1) is 11.5. The van der Waals surface area contributed by atoms with Crippen LogP contribution < -0.4 is 0 Å². The fraction of sp³-hybridized carbons (Fsp3) is 0.357. The molecule has 2 heteroatoms. The van der Waals surface area contributed by atoms with Gasteiger partial charge in [0.2, 0.25) is 0 Å². The second-order valence-electron chi connectivity index (χ2n) is 4.07. The molecule has 0 amide bonds. The number of ketones is 1. The minimum absolute atomic E-state index is 0.334. The lowest BCUT2D eigenvalue weighted by atomic mass is 9.92. The van der Waals surface area contributed by atoms with E-state index in [9.17, 15) is 4.79 Å². The van der Waals surface area contributed by atoms with E-state index in [1.54, 1.807) is 11.8 Å². The van der Waals surface area contributed by atoms with Crippen molar-refractivity contribution in [1.82, 2.24) is 0 Å². The summed E-state index contributed by atoms with van der Waals surface area (Å²) in [5.74, 6) is 0.334. The average molecular weight is 232 g/mol. The summed E-state index contributed by atoms with van der Waals surface area (Å²) in [5, 5.41) is 0. The average Bonchev–Trinajstić information content (AvgIpc) is 2.33. The number of thioether (sulfide) groups is 1. The molecule has 2 rings (SSSR count). The molecule has 1 saturated carbocycles. The predicted octanol–water partition coefficient (Wildman–Crippen LogP) is 3.94. The van der Waals surface area contributed by atoms with Gasteiger partial charge in [0, 0.05) is 11.3 Å². The van der Waals surface area contributed by atoms with Gasteiger partial charge in [0.15, 0.2) is 5.78 Å². The van der Waals surface area contributed by atoms with Crippen molar-refractivity contribution >= 4 is 23.6 Å². The van der Waals surface area contributed by atoms with Crippen LogP contribution in [-0.4, -0.2) is 12.0 Å². The molecular weight excluding hydrogens is 216 g/mol. The third kappa shape index (κ3) is 2.76. The Balaban J connectivity index is 2.17. The highest BCUT2D eigenvalue weighted by molar-refractivity contribution is 7.98. The van der Waals surface area contributed by atoms with Gasteiger partial charge in [-0.05, 0) is 54.9 Å². The highest BCUT2D eigenvalue weighted by Gasteiger charge is 2.14. The number of allylic oxidation sites excluding steroid dienone is 1. The summed E-state index contributed by atoms with van der Waals surface area (Å²) in [6, 6.07) is 8.37. The number of carbonyl (C=O) groups is 1. The standard InChI is InChI=1S/C14H16OS/c1-16-13-8-6-11(7-9-13)10-12-4-2-3-5-14(12)15/h6-10H,2-5H2,1H3. The minimum Gasteiger partial charge on any atom is -0.295 e. The van der Waals surface area contributed by atoms with Gasteiger partial charge >= 0.3 is 0 Å². The van der Waals surface area contributed by atoms with Gasteiger partial charge in [-0.15, -0.1) is 11.8 Å². The van der Waals surface area contributed by atoms with Crippen molar-refractivity contribution < 1.29 is 4.79 Å². The molecule has 0 aliphatic heterocycles. The van der Waals surface area contributed by atoms with Crippen molar-refractivity contribution in [2.45, 2.75) is 30.6 Å². The number of Topliss-reactive ketones (excluding diaryl/α,β-unsaturated/α-hetero) is 1. The normalized spacial score (nSPS) is 19.1. The molecule has 16 heavy (non-hydrogen) atoms. The van der Waals surface area contributed by atoms with Crippen LogP contribution in [0.5, 0.6) is 0 Å². The second-order valence-corrected chi connectivity index (χ2v) is 4.95. The van der Waals surface area contributed by atoms with E-state index < -0.39 is 0 Å². The topological polar surface area (TPSA) is 17.1 Å². The van der Waals surface area contributed by atoms with Crippen LogP contribution in [0.4, 0.5) is 0 Å². The van der Waals surface area contributed by atoms with Crippen LogP contribution in [0.15, 0.2) is 34.7 Å². The molecule has 1 fully saturated rings. The Labute approximate surface area is 101 Å². The number of hydrogen-bond donors (Lipinski definition) is 0. The monoisotopic (exact) mass is 232 g/mol. The molecule has 1 aromatic rings. The lowest BCUT2D eigenvalue weighted by Gasteiger charge is -2.12. The van der Waals surface area contributed by atoms with Crippen LogP contribution in [0.25, 0.3) is 6.08 Å². The molecule has 0 atom stereocenters. The SMILES string of the molecule is CSc1ccc(C=C2CCCCC2=O)cc1. The number of carbonyl (C=O) groups excluding carboxylic acids is 1. The van der Waals surface area contributed by atoms with Crippen LogP contribution in [0, 0.1) is 0 Å². The van der Waals surface area contributed by atoms with Crippen molar-refractivity contribution in [3.63, 3.8) is 0 Å². The zero-order chi connectivity index (χ0) is 11.4. The fourth-order valence-electron chi connectivity index (χ4n) is 1.95. The van der Waals surface area contributed by atoms with E-state index in [1.807, 2.05) is 6.08 Å². The summed E-state index contributed by atoms with van der Waals surface area (Å²) in [6.07, 6.45) is 8.00. The minimum atomic E-state index is 0.334. The van der Waals surface area contributed by atoms with Crippen molar-refractivity contribution in [3.8, 4) is 0 Å². The Hall–Kier alpha value is -1.02. The van der Waals surface area contributed by atoms with Gasteiger partial charge in [-0.2, -0.15) is 0 Å². The number of rotatable bonds is 2. The lowest BCUT2D eigenvalue weighted by molar-refractivity contribution is -0.116. The summed E-state index contributed by atoms with van der Waals surface area (Å²) < 4.78 is 0. The van der Waals surface area contributed by atoms with Gasteiger partial charge in [-0.1, -0.05) is 12.1 Å². The zero-order valence-corrected chi connectivity index (χ0v) is 10.3. The molecule has 0 radical (unpaired) electrons. The molecule has 0 saturated heterocycles. The summed E-state index contributed by atoms with van der Waals surface area (Å²) >= 11 is 1.74. The van der Waals surface area contributed by atoms with Gasteiger partial charge < -0.3 is 0 Å². The van der Waals surface area contributed by atoms with Crippen molar-refractivity contribution in [2.24, 2.45) is 0 Å². The largest absolute Gasteiger partial charge is 0.295 e. The van der Waals surface area contributed by atoms with E-state index in [0.29, 0.717) is 5.78 Å².